The van der Waals surface area contributed by atoms with E-state index in [1.165, 1.54) is 12.8 Å². The Hall–Kier alpha value is -1.75. The first kappa shape index (κ1) is 10.4. The lowest BCUT2D eigenvalue weighted by Crippen LogP contribution is -2.12. The molecular formula is C12H14N4O. The molecule has 1 fully saturated rings. The smallest absolute Gasteiger partial charge is 0.243 e. The van der Waals surface area contributed by atoms with Gasteiger partial charge in [-0.05, 0) is 30.4 Å². The topological polar surface area (TPSA) is 77.8 Å². The quantitative estimate of drug-likeness (QED) is 0.860. The van der Waals surface area contributed by atoms with Crippen LogP contribution in [0, 0.1) is 5.92 Å². The molecule has 2 aromatic rings. The van der Waals surface area contributed by atoms with E-state index in [-0.39, 0.29) is 6.04 Å². The van der Waals surface area contributed by atoms with Crippen molar-refractivity contribution in [2.45, 2.75) is 25.3 Å². The van der Waals surface area contributed by atoms with Crippen molar-refractivity contribution in [3.63, 3.8) is 0 Å². The molecule has 0 aliphatic heterocycles. The number of rotatable bonds is 4. The summed E-state index contributed by atoms with van der Waals surface area (Å²) in [4.78, 5) is 8.39. The third kappa shape index (κ3) is 2.34. The molecule has 5 nitrogen and oxygen atoms in total. The molecule has 1 saturated carbocycles. The summed E-state index contributed by atoms with van der Waals surface area (Å²) in [6.07, 6.45) is 6.52. The van der Waals surface area contributed by atoms with Crippen LogP contribution in [0.25, 0.3) is 0 Å². The number of nitrogens with two attached hydrogens (primary N) is 1. The van der Waals surface area contributed by atoms with Crippen LogP contribution in [0.2, 0.25) is 0 Å². The standard InChI is InChI=1S/C12H14N4O/c13-11(9-3-4-9)12-15-10(16-17-12)6-8-2-1-5-14-7-8/h1-2,5,7,9,11H,3-4,6,13H2. The van der Waals surface area contributed by atoms with Crippen molar-refractivity contribution in [1.82, 2.24) is 15.1 Å². The Labute approximate surface area is 99.1 Å². The highest BCUT2D eigenvalue weighted by Gasteiger charge is 2.33. The largest absolute Gasteiger partial charge is 0.338 e. The Morgan fingerprint density at radius 3 is 3.06 bits per heavy atom. The van der Waals surface area contributed by atoms with Gasteiger partial charge in [-0.3, -0.25) is 4.98 Å². The average Bonchev–Trinajstić information content (AvgIpc) is 3.11. The van der Waals surface area contributed by atoms with E-state index in [0.29, 0.717) is 24.1 Å². The fourth-order valence-corrected chi connectivity index (χ4v) is 1.82. The van der Waals surface area contributed by atoms with Crippen LogP contribution in [0.1, 0.15) is 36.2 Å². The van der Waals surface area contributed by atoms with Crippen molar-refractivity contribution < 1.29 is 4.52 Å². The van der Waals surface area contributed by atoms with Gasteiger partial charge in [-0.15, -0.1) is 0 Å². The number of hydrogen-bond acceptors (Lipinski definition) is 5. The second kappa shape index (κ2) is 4.25. The lowest BCUT2D eigenvalue weighted by atomic mass is 10.2. The zero-order valence-electron chi connectivity index (χ0n) is 9.41. The first-order valence-corrected chi connectivity index (χ1v) is 5.80. The SMILES string of the molecule is NC(c1nc(Cc2cccnc2)no1)C1CC1. The monoisotopic (exact) mass is 230 g/mol. The van der Waals surface area contributed by atoms with Gasteiger partial charge >= 0.3 is 0 Å². The summed E-state index contributed by atoms with van der Waals surface area (Å²) >= 11 is 0. The summed E-state index contributed by atoms with van der Waals surface area (Å²) in [5, 5.41) is 3.95. The third-order valence-electron chi connectivity index (χ3n) is 2.98. The van der Waals surface area contributed by atoms with E-state index >= 15 is 0 Å². The molecule has 3 rings (SSSR count). The number of hydrogen-bond donors (Lipinski definition) is 1. The van der Waals surface area contributed by atoms with Gasteiger partial charge < -0.3 is 10.3 Å². The van der Waals surface area contributed by atoms with Crippen molar-refractivity contribution in [3.8, 4) is 0 Å². The minimum Gasteiger partial charge on any atom is -0.338 e. The molecule has 0 radical (unpaired) electrons. The summed E-state index contributed by atoms with van der Waals surface area (Å²) < 4.78 is 5.19. The normalized spacial score (nSPS) is 17.0. The highest BCUT2D eigenvalue weighted by molar-refractivity contribution is 5.14. The Balaban J connectivity index is 1.72. The van der Waals surface area contributed by atoms with E-state index in [4.69, 9.17) is 10.3 Å². The van der Waals surface area contributed by atoms with Gasteiger partial charge in [0, 0.05) is 18.8 Å². The lowest BCUT2D eigenvalue weighted by molar-refractivity contribution is 0.340. The Morgan fingerprint density at radius 2 is 2.35 bits per heavy atom. The first-order chi connectivity index (χ1) is 8.33. The molecule has 0 amide bonds. The molecule has 1 aliphatic carbocycles. The summed E-state index contributed by atoms with van der Waals surface area (Å²) in [5.74, 6) is 1.76. The van der Waals surface area contributed by atoms with Crippen LogP contribution in [-0.4, -0.2) is 15.1 Å². The van der Waals surface area contributed by atoms with Crippen LogP contribution in [-0.2, 0) is 6.42 Å². The lowest BCUT2D eigenvalue weighted by Gasteiger charge is -2.01. The molecule has 0 bridgehead atoms. The van der Waals surface area contributed by atoms with Gasteiger partial charge in [0.2, 0.25) is 5.89 Å². The maximum absolute atomic E-state index is 6.00. The first-order valence-electron chi connectivity index (χ1n) is 5.80. The fourth-order valence-electron chi connectivity index (χ4n) is 1.82. The molecule has 2 aromatic heterocycles. The van der Waals surface area contributed by atoms with Gasteiger partial charge in [-0.2, -0.15) is 4.98 Å². The maximum Gasteiger partial charge on any atom is 0.243 e. The van der Waals surface area contributed by atoms with Crippen LogP contribution in [0.3, 0.4) is 0 Å². The Bertz CT molecular complexity index is 492. The van der Waals surface area contributed by atoms with Crippen molar-refractivity contribution >= 4 is 0 Å². The summed E-state index contributed by atoms with van der Waals surface area (Å²) in [5.41, 5.74) is 7.07. The second-order valence-electron chi connectivity index (χ2n) is 4.45. The van der Waals surface area contributed by atoms with Gasteiger partial charge in [-0.25, -0.2) is 0 Å². The third-order valence-corrected chi connectivity index (χ3v) is 2.98. The highest BCUT2D eigenvalue weighted by atomic mass is 16.5. The van der Waals surface area contributed by atoms with Crippen LogP contribution >= 0.6 is 0 Å². The van der Waals surface area contributed by atoms with Crippen molar-refractivity contribution in [1.29, 1.82) is 0 Å². The van der Waals surface area contributed by atoms with Gasteiger partial charge in [0.15, 0.2) is 5.82 Å². The molecule has 17 heavy (non-hydrogen) atoms. The number of nitrogens with zero attached hydrogens (tertiary/aromatic N) is 3. The molecule has 1 aliphatic rings. The molecule has 0 saturated heterocycles. The molecule has 0 spiro atoms. The fraction of sp³-hybridized carbons (Fsp3) is 0.417. The number of aromatic nitrogens is 3. The summed E-state index contributed by atoms with van der Waals surface area (Å²) in [7, 11) is 0. The van der Waals surface area contributed by atoms with Crippen molar-refractivity contribution in [3.05, 3.63) is 41.8 Å². The maximum atomic E-state index is 6.00. The van der Waals surface area contributed by atoms with Gasteiger partial charge in [-0.1, -0.05) is 11.2 Å². The Kier molecular flexibility index (Phi) is 2.60. The molecule has 1 unspecified atom stereocenters. The molecule has 1 atom stereocenters. The Morgan fingerprint density at radius 1 is 1.47 bits per heavy atom. The van der Waals surface area contributed by atoms with E-state index < -0.39 is 0 Å². The molecule has 2 N–H and O–H groups in total. The molecule has 2 heterocycles. The van der Waals surface area contributed by atoms with Crippen LogP contribution in [0.15, 0.2) is 29.0 Å². The second-order valence-corrected chi connectivity index (χ2v) is 4.45. The zero-order chi connectivity index (χ0) is 11.7. The molecular weight excluding hydrogens is 216 g/mol. The van der Waals surface area contributed by atoms with Crippen LogP contribution < -0.4 is 5.73 Å². The van der Waals surface area contributed by atoms with Gasteiger partial charge in [0.25, 0.3) is 0 Å². The van der Waals surface area contributed by atoms with Crippen molar-refractivity contribution in [2.75, 3.05) is 0 Å². The van der Waals surface area contributed by atoms with Crippen LogP contribution in [0.4, 0.5) is 0 Å². The summed E-state index contributed by atoms with van der Waals surface area (Å²) in [6, 6.07) is 3.79. The highest BCUT2D eigenvalue weighted by Crippen LogP contribution is 2.38. The van der Waals surface area contributed by atoms with Crippen molar-refractivity contribution in [2.24, 2.45) is 11.7 Å². The predicted molar refractivity (Wildman–Crippen MR) is 61.0 cm³/mol. The van der Waals surface area contributed by atoms with E-state index in [2.05, 4.69) is 15.1 Å². The molecule has 0 aromatic carbocycles. The van der Waals surface area contributed by atoms with Gasteiger partial charge in [0.05, 0.1) is 6.04 Å². The number of pyridine rings is 1. The molecule has 5 heteroatoms. The van der Waals surface area contributed by atoms with Gasteiger partial charge in [0.1, 0.15) is 0 Å². The van der Waals surface area contributed by atoms with E-state index in [1.807, 2.05) is 12.1 Å². The predicted octanol–water partition coefficient (Wildman–Crippen LogP) is 1.47. The minimum atomic E-state index is -0.0925. The van der Waals surface area contributed by atoms with E-state index in [1.54, 1.807) is 12.4 Å². The average molecular weight is 230 g/mol. The minimum absolute atomic E-state index is 0.0925. The molecule has 88 valence electrons. The zero-order valence-corrected chi connectivity index (χ0v) is 9.41. The van der Waals surface area contributed by atoms with Crippen LogP contribution in [0.5, 0.6) is 0 Å². The van der Waals surface area contributed by atoms with E-state index in [9.17, 15) is 0 Å². The van der Waals surface area contributed by atoms with E-state index in [0.717, 1.165) is 5.56 Å². The summed E-state index contributed by atoms with van der Waals surface area (Å²) in [6.45, 7) is 0.